The molecule has 0 aliphatic carbocycles. The van der Waals surface area contributed by atoms with Gasteiger partial charge in [-0.2, -0.15) is 0 Å². The molecule has 0 aromatic heterocycles. The fourth-order valence-electron chi connectivity index (χ4n) is 0. The van der Waals surface area contributed by atoms with Gasteiger partial charge in [-0.05, 0) is 0 Å². The van der Waals surface area contributed by atoms with Crippen molar-refractivity contribution in [3.05, 3.63) is 20.2 Å². The Morgan fingerprint density at radius 2 is 1.00 bits per heavy atom. The average molecular weight is 238 g/mol. The molecular formula is H2CdN2O6. The minimum atomic E-state index is -1.50. The third kappa shape index (κ3) is 451. The Labute approximate surface area is 68.5 Å². The third-order valence-corrected chi connectivity index (χ3v) is 0. The van der Waals surface area contributed by atoms with Gasteiger partial charge in [0.2, 0.25) is 0 Å². The average Bonchev–Trinajstić information content (AvgIpc) is 1.25. The predicted molar refractivity (Wildman–Crippen MR) is 17.6 cm³/mol. The zero-order valence-corrected chi connectivity index (χ0v) is 8.17. The molecule has 0 aromatic rings. The Morgan fingerprint density at radius 1 is 1.00 bits per heavy atom. The quantitative estimate of drug-likeness (QED) is 0.326. The largest absolute Gasteiger partial charge is 0.328 e. The summed E-state index contributed by atoms with van der Waals surface area (Å²) in [6.07, 6.45) is 0. The van der Waals surface area contributed by atoms with Gasteiger partial charge in [-0.3, -0.25) is 0 Å². The molecule has 50 valence electrons. The molecule has 8 nitrogen and oxygen atoms in total. The van der Waals surface area contributed by atoms with Crippen LogP contribution in [-0.2, 0) is 27.3 Å². The van der Waals surface area contributed by atoms with Crippen molar-refractivity contribution in [2.75, 3.05) is 0 Å². The SMILES string of the molecule is O=[N+]([O-])O.O=[N+]([O-])O.[Cd]. The van der Waals surface area contributed by atoms with Crippen LogP contribution in [0.2, 0.25) is 0 Å². The van der Waals surface area contributed by atoms with E-state index in [4.69, 9.17) is 30.6 Å². The van der Waals surface area contributed by atoms with Crippen LogP contribution in [0.1, 0.15) is 0 Å². The summed E-state index contributed by atoms with van der Waals surface area (Å²) in [6.45, 7) is 0. The first-order valence-electron chi connectivity index (χ1n) is 1.13. The van der Waals surface area contributed by atoms with Gasteiger partial charge in [0.25, 0.3) is 10.2 Å². The summed E-state index contributed by atoms with van der Waals surface area (Å²) >= 11 is 0. The fourth-order valence-corrected chi connectivity index (χ4v) is 0. The van der Waals surface area contributed by atoms with E-state index < -0.39 is 10.2 Å². The first-order chi connectivity index (χ1) is 3.46. The van der Waals surface area contributed by atoms with E-state index in [1.54, 1.807) is 0 Å². The molecule has 2 N–H and O–H groups in total. The summed E-state index contributed by atoms with van der Waals surface area (Å²) in [6, 6.07) is 0. The van der Waals surface area contributed by atoms with E-state index in [-0.39, 0.29) is 27.3 Å². The van der Waals surface area contributed by atoms with Crippen molar-refractivity contribution >= 4 is 0 Å². The number of hydrogen-bond donors (Lipinski definition) is 2. The minimum absolute atomic E-state index is 0. The molecule has 0 amide bonds. The van der Waals surface area contributed by atoms with Crippen LogP contribution in [0.5, 0.6) is 0 Å². The smallest absolute Gasteiger partial charge is 0.291 e. The Bertz CT molecular complexity index is 69.1. The maximum atomic E-state index is 8.36. The molecule has 0 atom stereocenters. The predicted octanol–water partition coefficient (Wildman–Crippen LogP) is -0.698. The second-order valence-electron chi connectivity index (χ2n) is 0.476. The van der Waals surface area contributed by atoms with E-state index in [1.807, 2.05) is 0 Å². The van der Waals surface area contributed by atoms with E-state index in [0.29, 0.717) is 0 Å². The Hall–Kier alpha value is -0.678. The number of nitrogens with zero attached hydrogens (tertiary/aromatic N) is 2. The van der Waals surface area contributed by atoms with Gasteiger partial charge >= 0.3 is 0 Å². The molecule has 0 radical (unpaired) electrons. The maximum Gasteiger partial charge on any atom is 0.291 e. The zero-order valence-electron chi connectivity index (χ0n) is 4.13. The molecular weight excluding hydrogens is 236 g/mol. The van der Waals surface area contributed by atoms with Crippen LogP contribution >= 0.6 is 0 Å². The van der Waals surface area contributed by atoms with Crippen molar-refractivity contribution in [2.24, 2.45) is 0 Å². The third-order valence-electron chi connectivity index (χ3n) is 0. The van der Waals surface area contributed by atoms with Crippen molar-refractivity contribution in [3.63, 3.8) is 0 Å². The minimum Gasteiger partial charge on any atom is -0.328 e. The summed E-state index contributed by atoms with van der Waals surface area (Å²) in [4.78, 5) is 16.7. The molecule has 9 heteroatoms. The number of rotatable bonds is 0. The molecule has 0 heterocycles. The maximum absolute atomic E-state index is 8.36. The summed E-state index contributed by atoms with van der Waals surface area (Å²) in [5, 5.41) is 27.3. The van der Waals surface area contributed by atoms with Crippen molar-refractivity contribution in [1.29, 1.82) is 0 Å². The van der Waals surface area contributed by atoms with Crippen LogP contribution in [0, 0.1) is 20.2 Å². The summed E-state index contributed by atoms with van der Waals surface area (Å²) in [7, 11) is 0. The topological polar surface area (TPSA) is 127 Å². The molecule has 0 spiro atoms. The molecule has 0 aliphatic rings. The summed E-state index contributed by atoms with van der Waals surface area (Å²) in [5.74, 6) is 0. The van der Waals surface area contributed by atoms with Crippen molar-refractivity contribution in [1.82, 2.24) is 0 Å². The number of hydrogen-bond acceptors (Lipinski definition) is 4. The molecule has 0 rings (SSSR count). The van der Waals surface area contributed by atoms with E-state index in [2.05, 4.69) is 0 Å². The monoisotopic (exact) mass is 240 g/mol. The van der Waals surface area contributed by atoms with Gasteiger partial charge < -0.3 is 10.4 Å². The van der Waals surface area contributed by atoms with Gasteiger partial charge in [0.05, 0.1) is 0 Å². The van der Waals surface area contributed by atoms with Crippen LogP contribution < -0.4 is 0 Å². The van der Waals surface area contributed by atoms with E-state index in [9.17, 15) is 0 Å². The first-order valence-corrected chi connectivity index (χ1v) is 1.13. The van der Waals surface area contributed by atoms with Crippen LogP contribution in [0.4, 0.5) is 0 Å². The van der Waals surface area contributed by atoms with Crippen LogP contribution in [-0.4, -0.2) is 20.6 Å². The van der Waals surface area contributed by atoms with Gasteiger partial charge in [0, 0.05) is 27.3 Å². The molecule has 0 aliphatic heterocycles. The molecule has 0 fully saturated rings. The molecule has 0 unspecified atom stereocenters. The van der Waals surface area contributed by atoms with Crippen molar-refractivity contribution in [3.8, 4) is 0 Å². The van der Waals surface area contributed by atoms with E-state index >= 15 is 0 Å². The second-order valence-corrected chi connectivity index (χ2v) is 0.476. The van der Waals surface area contributed by atoms with Crippen LogP contribution in [0.3, 0.4) is 0 Å². The van der Waals surface area contributed by atoms with Gasteiger partial charge in [0.15, 0.2) is 0 Å². The fraction of sp³-hybridized carbons (Fsp3) is 0. The molecule has 9 heavy (non-hydrogen) atoms. The van der Waals surface area contributed by atoms with Gasteiger partial charge in [-0.15, -0.1) is 20.2 Å². The van der Waals surface area contributed by atoms with E-state index in [0.717, 1.165) is 0 Å². The zero-order chi connectivity index (χ0) is 7.15. The summed E-state index contributed by atoms with van der Waals surface area (Å²) in [5.41, 5.74) is 0. The molecule has 0 saturated carbocycles. The molecule has 0 aromatic carbocycles. The van der Waals surface area contributed by atoms with Crippen LogP contribution in [0.15, 0.2) is 0 Å². The van der Waals surface area contributed by atoms with Gasteiger partial charge in [0.1, 0.15) is 0 Å². The Kier molecular flexibility index (Phi) is 18.1. The molecule has 0 bridgehead atoms. The van der Waals surface area contributed by atoms with Crippen molar-refractivity contribution in [2.45, 2.75) is 0 Å². The van der Waals surface area contributed by atoms with Crippen molar-refractivity contribution < 1.29 is 47.9 Å². The second kappa shape index (κ2) is 10.3. The van der Waals surface area contributed by atoms with Gasteiger partial charge in [-0.25, -0.2) is 0 Å². The Morgan fingerprint density at radius 3 is 1.00 bits per heavy atom. The van der Waals surface area contributed by atoms with Gasteiger partial charge in [-0.1, -0.05) is 0 Å². The Balaban J connectivity index is -0.0000000720. The van der Waals surface area contributed by atoms with E-state index in [1.165, 1.54) is 0 Å². The normalized spacial score (nSPS) is 5.33. The van der Waals surface area contributed by atoms with Crippen LogP contribution in [0.25, 0.3) is 0 Å². The summed E-state index contributed by atoms with van der Waals surface area (Å²) < 4.78 is 0. The molecule has 0 saturated heterocycles. The first kappa shape index (κ1) is 15.8. The standard InChI is InChI=1S/Cd.2HNO3/c;2*2-1(3)4/h;2*(H,2,3,4).